The number of benzene rings is 1. The van der Waals surface area contributed by atoms with Crippen molar-refractivity contribution in [3.63, 3.8) is 0 Å². The van der Waals surface area contributed by atoms with Crippen molar-refractivity contribution in [2.75, 3.05) is 18.8 Å². The fourth-order valence-electron chi connectivity index (χ4n) is 3.21. The minimum absolute atomic E-state index is 0.206. The fraction of sp³-hybridized carbons (Fsp3) is 0.625. The van der Waals surface area contributed by atoms with Crippen molar-refractivity contribution in [3.05, 3.63) is 35.4 Å². The number of rotatable bonds is 5. The van der Waals surface area contributed by atoms with Gasteiger partial charge in [-0.25, -0.2) is 8.42 Å². The molecule has 1 aromatic rings. The zero-order valence-electron chi connectivity index (χ0n) is 11.8. The Morgan fingerprint density at radius 2 is 2.05 bits per heavy atom. The average molecular weight is 293 g/mol. The summed E-state index contributed by atoms with van der Waals surface area (Å²) in [6.07, 6.45) is 4.53. The maximum absolute atomic E-state index is 12.2. The topological polar surface area (TPSA) is 46.2 Å². The molecule has 0 aromatic heterocycles. The van der Waals surface area contributed by atoms with Crippen LogP contribution in [0.4, 0.5) is 0 Å². The second kappa shape index (κ2) is 5.86. The highest BCUT2D eigenvalue weighted by molar-refractivity contribution is 7.90. The molecular formula is C16H23NO2S. The molecule has 3 nitrogen and oxygen atoms in total. The highest BCUT2D eigenvalue weighted by Crippen LogP contribution is 2.29. The lowest BCUT2D eigenvalue weighted by atomic mass is 9.87. The fourth-order valence-corrected chi connectivity index (χ4v) is 5.06. The number of sulfone groups is 1. The first-order chi connectivity index (χ1) is 9.62. The summed E-state index contributed by atoms with van der Waals surface area (Å²) in [7, 11) is -2.95. The SMILES string of the molecule is O=S(=O)(Cc1cccc(C2CCNC2)c1)CC1CCC1. The summed E-state index contributed by atoms with van der Waals surface area (Å²) >= 11 is 0. The van der Waals surface area contributed by atoms with Gasteiger partial charge in [-0.2, -0.15) is 0 Å². The first-order valence-corrected chi connectivity index (χ1v) is 9.44. The molecule has 1 atom stereocenters. The molecule has 1 aliphatic carbocycles. The first kappa shape index (κ1) is 14.1. The maximum atomic E-state index is 12.2. The molecule has 0 bridgehead atoms. The molecule has 0 spiro atoms. The maximum Gasteiger partial charge on any atom is 0.154 e. The monoisotopic (exact) mass is 293 g/mol. The normalized spacial score (nSPS) is 23.7. The van der Waals surface area contributed by atoms with Crippen LogP contribution in [0.25, 0.3) is 0 Å². The highest BCUT2D eigenvalue weighted by atomic mass is 32.2. The van der Waals surface area contributed by atoms with Gasteiger partial charge in [-0.15, -0.1) is 0 Å². The van der Waals surface area contributed by atoms with Gasteiger partial charge < -0.3 is 5.32 Å². The van der Waals surface area contributed by atoms with Crippen LogP contribution in [0.3, 0.4) is 0 Å². The highest BCUT2D eigenvalue weighted by Gasteiger charge is 2.25. The van der Waals surface area contributed by atoms with Crippen molar-refractivity contribution in [1.29, 1.82) is 0 Å². The van der Waals surface area contributed by atoms with Gasteiger partial charge in [0.15, 0.2) is 9.84 Å². The summed E-state index contributed by atoms with van der Waals surface area (Å²) in [5.41, 5.74) is 2.24. The van der Waals surface area contributed by atoms with Gasteiger partial charge >= 0.3 is 0 Å². The van der Waals surface area contributed by atoms with E-state index >= 15 is 0 Å². The summed E-state index contributed by atoms with van der Waals surface area (Å²) in [5, 5.41) is 3.36. The molecule has 0 amide bonds. The van der Waals surface area contributed by atoms with Gasteiger partial charge in [0, 0.05) is 6.54 Å². The van der Waals surface area contributed by atoms with E-state index in [0.717, 1.165) is 37.9 Å². The van der Waals surface area contributed by atoms with E-state index in [2.05, 4.69) is 17.4 Å². The van der Waals surface area contributed by atoms with Crippen molar-refractivity contribution < 1.29 is 8.42 Å². The molecular weight excluding hydrogens is 270 g/mol. The van der Waals surface area contributed by atoms with Crippen LogP contribution in [0.1, 0.15) is 42.7 Å². The van der Waals surface area contributed by atoms with E-state index in [0.29, 0.717) is 17.6 Å². The van der Waals surface area contributed by atoms with E-state index in [1.807, 2.05) is 12.1 Å². The van der Waals surface area contributed by atoms with Crippen LogP contribution < -0.4 is 5.32 Å². The molecule has 1 aliphatic heterocycles. The zero-order valence-corrected chi connectivity index (χ0v) is 12.7. The summed E-state index contributed by atoms with van der Waals surface area (Å²) in [5.74, 6) is 1.55. The Morgan fingerprint density at radius 1 is 1.20 bits per heavy atom. The standard InChI is InChI=1S/C16H23NO2S/c18-20(19,11-13-3-1-4-13)12-14-5-2-6-15(9-14)16-7-8-17-10-16/h2,5-6,9,13,16-17H,1,3-4,7-8,10-12H2. The third-order valence-corrected chi connectivity index (χ3v) is 6.34. The second-order valence-corrected chi connectivity index (χ2v) is 8.40. The third-order valence-electron chi connectivity index (χ3n) is 4.58. The number of nitrogens with one attached hydrogen (secondary N) is 1. The number of hydrogen-bond donors (Lipinski definition) is 1. The van der Waals surface area contributed by atoms with Crippen molar-refractivity contribution >= 4 is 9.84 Å². The summed E-state index contributed by atoms with van der Waals surface area (Å²) in [4.78, 5) is 0. The molecule has 4 heteroatoms. The van der Waals surface area contributed by atoms with E-state index in [1.165, 1.54) is 12.0 Å². The third kappa shape index (κ3) is 3.41. The van der Waals surface area contributed by atoms with Crippen LogP contribution in [0.15, 0.2) is 24.3 Å². The lowest BCUT2D eigenvalue weighted by Gasteiger charge is -2.24. The van der Waals surface area contributed by atoms with E-state index in [1.54, 1.807) is 0 Å². The number of hydrogen-bond acceptors (Lipinski definition) is 3. The van der Waals surface area contributed by atoms with Crippen LogP contribution in [0.2, 0.25) is 0 Å². The Labute approximate surface area is 121 Å². The van der Waals surface area contributed by atoms with Gasteiger partial charge in [0.05, 0.1) is 11.5 Å². The zero-order chi connectivity index (χ0) is 14.0. The van der Waals surface area contributed by atoms with Gasteiger partial charge in [0.25, 0.3) is 0 Å². The van der Waals surface area contributed by atoms with Gasteiger partial charge in [-0.1, -0.05) is 30.7 Å². The minimum Gasteiger partial charge on any atom is -0.316 e. The largest absolute Gasteiger partial charge is 0.316 e. The van der Waals surface area contributed by atoms with Crippen molar-refractivity contribution in [3.8, 4) is 0 Å². The van der Waals surface area contributed by atoms with Crippen LogP contribution >= 0.6 is 0 Å². The molecule has 20 heavy (non-hydrogen) atoms. The quantitative estimate of drug-likeness (QED) is 0.907. The van der Waals surface area contributed by atoms with Crippen molar-refractivity contribution in [1.82, 2.24) is 5.32 Å². The molecule has 1 heterocycles. The Hall–Kier alpha value is -0.870. The molecule has 1 saturated carbocycles. The van der Waals surface area contributed by atoms with Crippen LogP contribution in [0.5, 0.6) is 0 Å². The Balaban J connectivity index is 1.68. The molecule has 1 aromatic carbocycles. The summed E-state index contributed by atoms with van der Waals surface area (Å²) in [6.45, 7) is 2.08. The van der Waals surface area contributed by atoms with Gasteiger partial charge in [-0.3, -0.25) is 0 Å². The van der Waals surface area contributed by atoms with Crippen LogP contribution in [0, 0.1) is 5.92 Å². The minimum atomic E-state index is -2.95. The molecule has 0 radical (unpaired) electrons. The van der Waals surface area contributed by atoms with E-state index in [4.69, 9.17) is 0 Å². The smallest absolute Gasteiger partial charge is 0.154 e. The van der Waals surface area contributed by atoms with E-state index in [9.17, 15) is 8.42 Å². The Morgan fingerprint density at radius 3 is 2.70 bits per heavy atom. The van der Waals surface area contributed by atoms with E-state index < -0.39 is 9.84 Å². The van der Waals surface area contributed by atoms with Gasteiger partial charge in [0.1, 0.15) is 0 Å². The Kier molecular flexibility index (Phi) is 4.13. The Bertz CT molecular complexity index is 558. The molecule has 2 fully saturated rings. The molecule has 1 N–H and O–H groups in total. The molecule has 110 valence electrons. The molecule has 3 rings (SSSR count). The van der Waals surface area contributed by atoms with E-state index in [-0.39, 0.29) is 5.75 Å². The molecule has 2 aliphatic rings. The predicted octanol–water partition coefficient (Wildman–Crippen LogP) is 2.48. The molecule has 1 saturated heterocycles. The van der Waals surface area contributed by atoms with Gasteiger partial charge in [0.2, 0.25) is 0 Å². The second-order valence-electron chi connectivity index (χ2n) is 6.29. The van der Waals surface area contributed by atoms with Crippen LogP contribution in [-0.4, -0.2) is 27.3 Å². The van der Waals surface area contributed by atoms with Gasteiger partial charge in [-0.05, 0) is 48.8 Å². The predicted molar refractivity (Wildman–Crippen MR) is 81.5 cm³/mol. The first-order valence-electron chi connectivity index (χ1n) is 7.62. The van der Waals surface area contributed by atoms with Crippen molar-refractivity contribution in [2.24, 2.45) is 5.92 Å². The molecule has 1 unspecified atom stereocenters. The van der Waals surface area contributed by atoms with Crippen LogP contribution in [-0.2, 0) is 15.6 Å². The van der Waals surface area contributed by atoms with Crippen molar-refractivity contribution in [2.45, 2.75) is 37.4 Å². The summed E-state index contributed by atoms with van der Waals surface area (Å²) < 4.78 is 24.4. The lowest BCUT2D eigenvalue weighted by molar-refractivity contribution is 0.347. The average Bonchev–Trinajstić information content (AvgIpc) is 2.88. The summed E-state index contributed by atoms with van der Waals surface area (Å²) in [6, 6.07) is 8.17. The lowest BCUT2D eigenvalue weighted by Crippen LogP contribution is -2.23.